The lowest BCUT2D eigenvalue weighted by Crippen LogP contribution is -2.16. The van der Waals surface area contributed by atoms with Gasteiger partial charge in [-0.15, -0.1) is 10.2 Å². The van der Waals surface area contributed by atoms with Crippen LogP contribution in [0.15, 0.2) is 12.1 Å². The number of nitrogen functional groups attached to an aromatic ring is 1. The number of aromatic nitrogens is 3. The molecule has 0 saturated heterocycles. The van der Waals surface area contributed by atoms with Crippen LogP contribution in [-0.2, 0) is 6.42 Å². The third kappa shape index (κ3) is 4.10. The summed E-state index contributed by atoms with van der Waals surface area (Å²) in [5.74, 6) is 5.64. The van der Waals surface area contributed by atoms with Crippen LogP contribution in [0.4, 0.5) is 10.9 Å². The molecule has 0 radical (unpaired) electrons. The standard InChI is InChI=1S/C12H15ClN6OS/c1-6(2)5-9-18-19-12(21-9)16-11(20)10-7(13)3-4-8(15-10)17-14/h3-4,6H,5,14H2,1-2H3,(H,15,17)(H,16,19,20). The maximum atomic E-state index is 12.1. The second kappa shape index (κ2) is 6.79. The van der Waals surface area contributed by atoms with E-state index in [1.807, 2.05) is 0 Å². The monoisotopic (exact) mass is 326 g/mol. The summed E-state index contributed by atoms with van der Waals surface area (Å²) in [6, 6.07) is 3.12. The predicted octanol–water partition coefficient (Wildman–Crippen LogP) is 2.32. The van der Waals surface area contributed by atoms with E-state index in [1.54, 1.807) is 12.1 Å². The van der Waals surface area contributed by atoms with E-state index in [-0.39, 0.29) is 10.7 Å². The van der Waals surface area contributed by atoms with E-state index in [0.717, 1.165) is 11.4 Å². The van der Waals surface area contributed by atoms with Gasteiger partial charge in [-0.3, -0.25) is 10.1 Å². The lowest BCUT2D eigenvalue weighted by molar-refractivity contribution is 0.102. The molecule has 2 heterocycles. The van der Waals surface area contributed by atoms with E-state index in [9.17, 15) is 4.79 Å². The van der Waals surface area contributed by atoms with Crippen LogP contribution in [0.1, 0.15) is 29.3 Å². The number of rotatable bonds is 5. The smallest absolute Gasteiger partial charge is 0.277 e. The number of carbonyl (C=O) groups excluding carboxylic acids is 1. The molecule has 0 aliphatic carbocycles. The molecule has 2 rings (SSSR count). The summed E-state index contributed by atoms with van der Waals surface area (Å²) in [5, 5.41) is 12.1. The molecule has 1 amide bonds. The second-order valence-electron chi connectivity index (χ2n) is 4.72. The highest BCUT2D eigenvalue weighted by atomic mass is 35.5. The SMILES string of the molecule is CC(C)Cc1nnc(NC(=O)c2nc(NN)ccc2Cl)s1. The van der Waals surface area contributed by atoms with Gasteiger partial charge < -0.3 is 5.43 Å². The van der Waals surface area contributed by atoms with Crippen molar-refractivity contribution in [3.8, 4) is 0 Å². The molecule has 9 heteroatoms. The van der Waals surface area contributed by atoms with Crippen molar-refractivity contribution >= 4 is 39.8 Å². The van der Waals surface area contributed by atoms with Crippen LogP contribution >= 0.6 is 22.9 Å². The van der Waals surface area contributed by atoms with E-state index < -0.39 is 5.91 Å². The van der Waals surface area contributed by atoms with Crippen LogP contribution in [0, 0.1) is 5.92 Å². The van der Waals surface area contributed by atoms with Crippen molar-refractivity contribution in [1.82, 2.24) is 15.2 Å². The number of hydrogen-bond acceptors (Lipinski definition) is 7. The van der Waals surface area contributed by atoms with E-state index in [1.165, 1.54) is 11.3 Å². The highest BCUT2D eigenvalue weighted by Gasteiger charge is 2.16. The molecular formula is C12H15ClN6OS. The lowest BCUT2D eigenvalue weighted by Gasteiger charge is -2.05. The van der Waals surface area contributed by atoms with Gasteiger partial charge in [0.25, 0.3) is 5.91 Å². The number of nitrogens with two attached hydrogens (primary N) is 1. The Hall–Kier alpha value is -1.77. The molecule has 0 aliphatic heterocycles. The van der Waals surface area contributed by atoms with Crippen molar-refractivity contribution in [1.29, 1.82) is 0 Å². The Morgan fingerprint density at radius 3 is 2.86 bits per heavy atom. The number of halogens is 1. The molecule has 112 valence electrons. The first kappa shape index (κ1) is 15.6. The van der Waals surface area contributed by atoms with Crippen molar-refractivity contribution in [2.24, 2.45) is 11.8 Å². The molecule has 4 N–H and O–H groups in total. The van der Waals surface area contributed by atoms with Crippen molar-refractivity contribution in [2.45, 2.75) is 20.3 Å². The number of pyridine rings is 1. The van der Waals surface area contributed by atoms with Crippen molar-refractivity contribution in [3.63, 3.8) is 0 Å². The molecule has 21 heavy (non-hydrogen) atoms. The number of hydrogen-bond donors (Lipinski definition) is 3. The first-order chi connectivity index (χ1) is 9.99. The van der Waals surface area contributed by atoms with Crippen molar-refractivity contribution in [2.75, 3.05) is 10.7 Å². The first-order valence-electron chi connectivity index (χ1n) is 6.26. The number of nitrogens with one attached hydrogen (secondary N) is 2. The number of hydrazine groups is 1. The van der Waals surface area contributed by atoms with Gasteiger partial charge in [-0.25, -0.2) is 10.8 Å². The van der Waals surface area contributed by atoms with E-state index in [2.05, 4.69) is 39.8 Å². The zero-order chi connectivity index (χ0) is 15.4. The Bertz CT molecular complexity index is 644. The molecule has 0 aliphatic rings. The number of carbonyl (C=O) groups is 1. The van der Waals surface area contributed by atoms with Gasteiger partial charge in [0.15, 0.2) is 0 Å². The van der Waals surface area contributed by atoms with Gasteiger partial charge >= 0.3 is 0 Å². The second-order valence-corrected chi connectivity index (χ2v) is 6.19. The molecule has 0 bridgehead atoms. The normalized spacial score (nSPS) is 10.7. The van der Waals surface area contributed by atoms with Gasteiger partial charge in [-0.05, 0) is 18.1 Å². The third-order valence-corrected chi connectivity index (χ3v) is 3.65. The molecule has 2 aromatic heterocycles. The molecule has 7 nitrogen and oxygen atoms in total. The van der Waals surface area contributed by atoms with E-state index >= 15 is 0 Å². The molecule has 0 spiro atoms. The van der Waals surface area contributed by atoms with Gasteiger partial charge in [0.1, 0.15) is 16.5 Å². The highest BCUT2D eigenvalue weighted by molar-refractivity contribution is 7.15. The van der Waals surface area contributed by atoms with E-state index in [0.29, 0.717) is 16.9 Å². The first-order valence-corrected chi connectivity index (χ1v) is 7.46. The lowest BCUT2D eigenvalue weighted by atomic mass is 10.1. The maximum Gasteiger partial charge on any atom is 0.277 e. The van der Waals surface area contributed by atoms with Crippen LogP contribution in [0.2, 0.25) is 5.02 Å². The molecule has 0 saturated carbocycles. The average molecular weight is 327 g/mol. The van der Waals surface area contributed by atoms with Crippen LogP contribution in [0.25, 0.3) is 0 Å². The molecule has 2 aromatic rings. The Labute approximate surface area is 130 Å². The highest BCUT2D eigenvalue weighted by Crippen LogP contribution is 2.21. The van der Waals surface area contributed by atoms with Gasteiger partial charge in [0.2, 0.25) is 5.13 Å². The van der Waals surface area contributed by atoms with Crippen molar-refractivity contribution in [3.05, 3.63) is 27.9 Å². The minimum atomic E-state index is -0.454. The fourth-order valence-corrected chi connectivity index (χ4v) is 2.71. The predicted molar refractivity (Wildman–Crippen MR) is 83.5 cm³/mol. The minimum absolute atomic E-state index is 0.0766. The Balaban J connectivity index is 2.12. The summed E-state index contributed by atoms with van der Waals surface area (Å²) in [5.41, 5.74) is 2.44. The van der Waals surface area contributed by atoms with Gasteiger partial charge in [0.05, 0.1) is 5.02 Å². The van der Waals surface area contributed by atoms with Crippen LogP contribution in [0.3, 0.4) is 0 Å². The summed E-state index contributed by atoms with van der Waals surface area (Å²) in [6.07, 6.45) is 0.819. The molecular weight excluding hydrogens is 312 g/mol. The molecule has 0 atom stereocenters. The average Bonchev–Trinajstić information content (AvgIpc) is 2.85. The zero-order valence-corrected chi connectivity index (χ0v) is 13.1. The number of anilines is 2. The van der Waals surface area contributed by atoms with Gasteiger partial charge in [0, 0.05) is 6.42 Å². The summed E-state index contributed by atoms with van der Waals surface area (Å²) >= 11 is 7.30. The topological polar surface area (TPSA) is 106 Å². The Kier molecular flexibility index (Phi) is 5.05. The zero-order valence-electron chi connectivity index (χ0n) is 11.6. The third-order valence-electron chi connectivity index (χ3n) is 2.48. The molecule has 0 aromatic carbocycles. The Morgan fingerprint density at radius 1 is 1.43 bits per heavy atom. The molecule has 0 unspecified atom stereocenters. The van der Waals surface area contributed by atoms with Gasteiger partial charge in [-0.1, -0.05) is 36.8 Å². The van der Waals surface area contributed by atoms with Gasteiger partial charge in [-0.2, -0.15) is 0 Å². The summed E-state index contributed by atoms with van der Waals surface area (Å²) in [6.45, 7) is 4.18. The minimum Gasteiger partial charge on any atom is -0.308 e. The van der Waals surface area contributed by atoms with E-state index in [4.69, 9.17) is 17.4 Å². The van der Waals surface area contributed by atoms with Crippen LogP contribution in [0.5, 0.6) is 0 Å². The van der Waals surface area contributed by atoms with Crippen LogP contribution in [-0.4, -0.2) is 21.1 Å². The fourth-order valence-electron chi connectivity index (χ4n) is 1.57. The fraction of sp³-hybridized carbons (Fsp3) is 0.333. The largest absolute Gasteiger partial charge is 0.308 e. The maximum absolute atomic E-state index is 12.1. The van der Waals surface area contributed by atoms with Crippen molar-refractivity contribution < 1.29 is 4.79 Å². The number of amides is 1. The molecule has 0 fully saturated rings. The summed E-state index contributed by atoms with van der Waals surface area (Å²) in [7, 11) is 0. The summed E-state index contributed by atoms with van der Waals surface area (Å²) in [4.78, 5) is 16.2. The van der Waals surface area contributed by atoms with Crippen LogP contribution < -0.4 is 16.6 Å². The summed E-state index contributed by atoms with van der Waals surface area (Å²) < 4.78 is 0. The Morgan fingerprint density at radius 2 is 2.19 bits per heavy atom. The number of nitrogens with zero attached hydrogens (tertiary/aromatic N) is 3. The quantitative estimate of drug-likeness (QED) is 0.575.